The van der Waals surface area contributed by atoms with Crippen molar-refractivity contribution < 1.29 is 4.79 Å². The van der Waals surface area contributed by atoms with E-state index in [2.05, 4.69) is 32.0 Å². The number of benzene rings is 1. The zero-order valence-corrected chi connectivity index (χ0v) is 18.0. The van der Waals surface area contributed by atoms with Crippen LogP contribution in [0.2, 0.25) is 0 Å². The molecule has 1 fully saturated rings. The highest BCUT2D eigenvalue weighted by Crippen LogP contribution is 2.27. The molecule has 1 aliphatic rings. The van der Waals surface area contributed by atoms with Crippen molar-refractivity contribution in [2.75, 3.05) is 31.1 Å². The highest BCUT2D eigenvalue weighted by Gasteiger charge is 2.24. The van der Waals surface area contributed by atoms with Crippen LogP contribution in [-0.4, -0.2) is 51.9 Å². The molecule has 0 unspecified atom stereocenters. The quantitative estimate of drug-likeness (QED) is 0.479. The molecule has 8 heteroatoms. The molecule has 0 saturated carbocycles. The second-order valence-electron chi connectivity index (χ2n) is 7.26. The molecule has 0 bridgehead atoms. The number of amides is 1. The van der Waals surface area contributed by atoms with Crippen LogP contribution in [0.5, 0.6) is 0 Å². The van der Waals surface area contributed by atoms with Crippen molar-refractivity contribution in [3.63, 3.8) is 0 Å². The van der Waals surface area contributed by atoms with Gasteiger partial charge in [0, 0.05) is 44.2 Å². The number of pyridine rings is 1. The van der Waals surface area contributed by atoms with Crippen molar-refractivity contribution in [2.24, 2.45) is 0 Å². The Morgan fingerprint density at radius 3 is 2.63 bits per heavy atom. The van der Waals surface area contributed by atoms with E-state index in [4.69, 9.17) is 0 Å². The Labute approximate surface area is 182 Å². The molecule has 0 atom stereocenters. The monoisotopic (exact) mass is 435 g/mol. The molecule has 152 valence electrons. The predicted octanol–water partition coefficient (Wildman–Crippen LogP) is 3.63. The smallest absolute Gasteiger partial charge is 0.228 e. The number of hydrogen-bond donors (Lipinski definition) is 0. The van der Waals surface area contributed by atoms with Gasteiger partial charge in [-0.05, 0) is 17.7 Å². The van der Waals surface area contributed by atoms with Gasteiger partial charge in [0.2, 0.25) is 5.91 Å². The number of fused-ring (bicyclic) bond motifs is 1. The normalized spacial score (nSPS) is 14.4. The Morgan fingerprint density at radius 2 is 1.83 bits per heavy atom. The van der Waals surface area contributed by atoms with Crippen molar-refractivity contribution in [1.82, 2.24) is 19.9 Å². The zero-order valence-electron chi connectivity index (χ0n) is 16.4. The van der Waals surface area contributed by atoms with Crippen LogP contribution >= 0.6 is 22.7 Å². The standard InChI is InChI=1S/C22H21N5OS2/c28-20(14-17-15-29-19(24-17)13-16-5-2-1-3-6-16)26-9-11-27(12-10-26)22-25-18-7-4-8-23-21(18)30-22/h1-8,15H,9-14H2. The van der Waals surface area contributed by atoms with E-state index in [9.17, 15) is 4.79 Å². The van der Waals surface area contributed by atoms with Crippen LogP contribution in [0.4, 0.5) is 5.13 Å². The van der Waals surface area contributed by atoms with Gasteiger partial charge >= 0.3 is 0 Å². The number of aromatic nitrogens is 3. The van der Waals surface area contributed by atoms with Crippen molar-refractivity contribution in [3.8, 4) is 0 Å². The fourth-order valence-corrected chi connectivity index (χ4v) is 5.38. The van der Waals surface area contributed by atoms with E-state index in [1.54, 1.807) is 28.9 Å². The molecule has 0 aliphatic carbocycles. The largest absolute Gasteiger partial charge is 0.344 e. The SMILES string of the molecule is O=C(Cc1csc(Cc2ccccc2)n1)N1CCN(c2nc3cccnc3s2)CC1. The van der Waals surface area contributed by atoms with Gasteiger partial charge in [0.05, 0.1) is 17.1 Å². The first kappa shape index (κ1) is 19.1. The van der Waals surface area contributed by atoms with Gasteiger partial charge in [-0.2, -0.15) is 0 Å². The lowest BCUT2D eigenvalue weighted by Crippen LogP contribution is -2.49. The number of piperazine rings is 1. The van der Waals surface area contributed by atoms with Gasteiger partial charge < -0.3 is 9.80 Å². The molecule has 0 radical (unpaired) electrons. The second-order valence-corrected chi connectivity index (χ2v) is 9.16. The third kappa shape index (κ3) is 4.20. The number of carbonyl (C=O) groups excluding carboxylic acids is 1. The highest BCUT2D eigenvalue weighted by molar-refractivity contribution is 7.21. The summed E-state index contributed by atoms with van der Waals surface area (Å²) in [4.78, 5) is 31.6. The molecule has 0 N–H and O–H groups in total. The molecule has 30 heavy (non-hydrogen) atoms. The molecule has 1 amide bonds. The van der Waals surface area contributed by atoms with Crippen molar-refractivity contribution in [3.05, 3.63) is 70.3 Å². The number of carbonyl (C=O) groups is 1. The summed E-state index contributed by atoms with van der Waals surface area (Å²) in [6, 6.07) is 14.2. The Morgan fingerprint density at radius 1 is 1.00 bits per heavy atom. The zero-order chi connectivity index (χ0) is 20.3. The van der Waals surface area contributed by atoms with Crippen LogP contribution in [-0.2, 0) is 17.6 Å². The average Bonchev–Trinajstić information content (AvgIpc) is 3.41. The average molecular weight is 436 g/mol. The minimum atomic E-state index is 0.150. The Hall–Kier alpha value is -2.84. The maximum absolute atomic E-state index is 12.8. The number of rotatable bonds is 5. The van der Waals surface area contributed by atoms with Crippen molar-refractivity contribution >= 4 is 44.1 Å². The van der Waals surface area contributed by atoms with Crippen LogP contribution in [0.15, 0.2) is 54.0 Å². The summed E-state index contributed by atoms with van der Waals surface area (Å²) in [5, 5.41) is 4.06. The van der Waals surface area contributed by atoms with Crippen LogP contribution < -0.4 is 4.90 Å². The van der Waals surface area contributed by atoms with Gasteiger partial charge in [-0.3, -0.25) is 4.79 Å². The lowest BCUT2D eigenvalue weighted by atomic mass is 10.2. The van der Waals surface area contributed by atoms with E-state index in [0.29, 0.717) is 19.5 Å². The maximum Gasteiger partial charge on any atom is 0.228 e. The minimum Gasteiger partial charge on any atom is -0.344 e. The van der Waals surface area contributed by atoms with Gasteiger partial charge in [0.15, 0.2) is 5.13 Å². The van der Waals surface area contributed by atoms with Gasteiger partial charge in [0.1, 0.15) is 10.3 Å². The van der Waals surface area contributed by atoms with Crippen LogP contribution in [0.25, 0.3) is 10.3 Å². The van der Waals surface area contributed by atoms with Crippen LogP contribution in [0.1, 0.15) is 16.3 Å². The molecule has 3 aromatic heterocycles. The molecule has 1 saturated heterocycles. The molecule has 1 aliphatic heterocycles. The van der Waals surface area contributed by atoms with E-state index in [1.165, 1.54) is 5.56 Å². The first-order chi connectivity index (χ1) is 14.7. The fraction of sp³-hybridized carbons (Fsp3) is 0.273. The first-order valence-corrected chi connectivity index (χ1v) is 11.7. The summed E-state index contributed by atoms with van der Waals surface area (Å²) in [7, 11) is 0. The third-order valence-electron chi connectivity index (χ3n) is 5.19. The number of hydrogen-bond acceptors (Lipinski definition) is 7. The second kappa shape index (κ2) is 8.49. The van der Waals surface area contributed by atoms with Gasteiger partial charge in [-0.25, -0.2) is 15.0 Å². The van der Waals surface area contributed by atoms with E-state index >= 15 is 0 Å². The molecule has 0 spiro atoms. The minimum absolute atomic E-state index is 0.150. The van der Waals surface area contributed by atoms with Crippen molar-refractivity contribution in [1.29, 1.82) is 0 Å². The topological polar surface area (TPSA) is 62.2 Å². The fourth-order valence-electron chi connectivity index (χ4n) is 3.59. The van der Waals surface area contributed by atoms with Gasteiger partial charge in [0.25, 0.3) is 0 Å². The van der Waals surface area contributed by atoms with Gasteiger partial charge in [-0.15, -0.1) is 11.3 Å². The number of nitrogens with zero attached hydrogens (tertiary/aromatic N) is 5. The van der Waals surface area contributed by atoms with E-state index < -0.39 is 0 Å². The number of anilines is 1. The third-order valence-corrected chi connectivity index (χ3v) is 7.13. The highest BCUT2D eigenvalue weighted by atomic mass is 32.1. The summed E-state index contributed by atoms with van der Waals surface area (Å²) in [5.74, 6) is 0.150. The molecular weight excluding hydrogens is 414 g/mol. The Balaban J connectivity index is 1.16. The Kier molecular flexibility index (Phi) is 5.42. The first-order valence-electron chi connectivity index (χ1n) is 9.96. The summed E-state index contributed by atoms with van der Waals surface area (Å²) in [6.45, 7) is 3.01. The summed E-state index contributed by atoms with van der Waals surface area (Å²) in [6.07, 6.45) is 2.98. The molecule has 4 heterocycles. The summed E-state index contributed by atoms with van der Waals surface area (Å²) < 4.78 is 0. The van der Waals surface area contributed by atoms with E-state index in [1.807, 2.05) is 40.6 Å². The van der Waals surface area contributed by atoms with E-state index in [0.717, 1.165) is 45.7 Å². The lowest BCUT2D eigenvalue weighted by molar-refractivity contribution is -0.130. The summed E-state index contributed by atoms with van der Waals surface area (Å²) in [5.41, 5.74) is 3.05. The van der Waals surface area contributed by atoms with E-state index in [-0.39, 0.29) is 5.91 Å². The van der Waals surface area contributed by atoms with Crippen LogP contribution in [0, 0.1) is 0 Å². The lowest BCUT2D eigenvalue weighted by Gasteiger charge is -2.34. The maximum atomic E-state index is 12.8. The predicted molar refractivity (Wildman–Crippen MR) is 121 cm³/mol. The number of thiazole rings is 2. The van der Waals surface area contributed by atoms with Gasteiger partial charge in [-0.1, -0.05) is 41.7 Å². The molecule has 6 nitrogen and oxygen atoms in total. The Bertz CT molecular complexity index is 1120. The molecule has 5 rings (SSSR count). The summed E-state index contributed by atoms with van der Waals surface area (Å²) >= 11 is 3.24. The molecule has 1 aromatic carbocycles. The van der Waals surface area contributed by atoms with Crippen molar-refractivity contribution in [2.45, 2.75) is 12.8 Å². The molecule has 4 aromatic rings. The molecular formula is C22H21N5OS2. The van der Waals surface area contributed by atoms with Crippen LogP contribution in [0.3, 0.4) is 0 Å².